The maximum absolute atomic E-state index is 13.0. The van der Waals surface area contributed by atoms with Crippen molar-refractivity contribution in [1.29, 1.82) is 0 Å². The van der Waals surface area contributed by atoms with Crippen molar-refractivity contribution in [2.24, 2.45) is 0 Å². The smallest absolute Gasteiger partial charge is 0.257 e. The molecule has 2 aliphatic heterocycles. The molecule has 0 saturated carbocycles. The molecule has 0 radical (unpaired) electrons. The van der Waals surface area contributed by atoms with Gasteiger partial charge in [0.15, 0.2) is 0 Å². The zero-order valence-corrected chi connectivity index (χ0v) is 15.0. The van der Waals surface area contributed by atoms with Crippen molar-refractivity contribution in [2.75, 3.05) is 24.6 Å². The third-order valence-electron chi connectivity index (χ3n) is 5.08. The summed E-state index contributed by atoms with van der Waals surface area (Å²) in [4.78, 5) is 29.0. The van der Waals surface area contributed by atoms with E-state index >= 15 is 0 Å². The second kappa shape index (κ2) is 6.57. The van der Waals surface area contributed by atoms with Gasteiger partial charge in [-0.15, -0.1) is 0 Å². The highest BCUT2D eigenvalue weighted by Gasteiger charge is 2.45. The van der Waals surface area contributed by atoms with E-state index in [1.54, 1.807) is 20.7 Å². The van der Waals surface area contributed by atoms with Crippen LogP contribution in [0.1, 0.15) is 23.0 Å². The van der Waals surface area contributed by atoms with E-state index in [0.717, 1.165) is 17.9 Å². The van der Waals surface area contributed by atoms with E-state index in [1.165, 1.54) is 0 Å². The van der Waals surface area contributed by atoms with Gasteiger partial charge >= 0.3 is 0 Å². The van der Waals surface area contributed by atoms with Gasteiger partial charge in [0.2, 0.25) is 0 Å². The molecule has 0 aliphatic carbocycles. The molecular weight excluding hydrogens is 332 g/mol. The van der Waals surface area contributed by atoms with E-state index in [1.807, 2.05) is 44.2 Å². The summed E-state index contributed by atoms with van der Waals surface area (Å²) in [6.45, 7) is 5.54. The molecule has 0 spiro atoms. The van der Waals surface area contributed by atoms with E-state index in [0.29, 0.717) is 18.7 Å². The number of likely N-dealkylation sites (tertiary alicyclic amines) is 1. The molecule has 2 aromatic rings. The first-order valence-corrected chi connectivity index (χ1v) is 8.90. The van der Waals surface area contributed by atoms with Crippen molar-refractivity contribution < 1.29 is 14.3 Å². The van der Waals surface area contributed by atoms with Gasteiger partial charge in [0.1, 0.15) is 6.61 Å². The zero-order valence-electron chi connectivity index (χ0n) is 15.0. The van der Waals surface area contributed by atoms with Crippen LogP contribution in [0.4, 0.5) is 5.69 Å². The van der Waals surface area contributed by atoms with Crippen LogP contribution in [0.3, 0.4) is 0 Å². The Bertz CT molecular complexity index is 833. The number of rotatable bonds is 3. The molecule has 2 saturated heterocycles. The van der Waals surface area contributed by atoms with Crippen LogP contribution in [-0.4, -0.2) is 58.3 Å². The number of anilines is 1. The average Bonchev–Trinajstić information content (AvgIpc) is 3.25. The minimum absolute atomic E-state index is 0.0465. The molecule has 1 aromatic heterocycles. The third kappa shape index (κ3) is 2.78. The van der Waals surface area contributed by atoms with Crippen molar-refractivity contribution >= 4 is 17.5 Å². The van der Waals surface area contributed by atoms with Crippen LogP contribution in [0.5, 0.6) is 0 Å². The van der Waals surface area contributed by atoms with Gasteiger partial charge in [0.05, 0.1) is 23.4 Å². The lowest BCUT2D eigenvalue weighted by atomic mass is 10.1. The molecule has 4 rings (SSSR count). The number of hydrogen-bond acceptors (Lipinski definition) is 4. The third-order valence-corrected chi connectivity index (χ3v) is 5.08. The summed E-state index contributed by atoms with van der Waals surface area (Å²) >= 11 is 0. The van der Waals surface area contributed by atoms with Gasteiger partial charge < -0.3 is 14.5 Å². The quantitative estimate of drug-likeness (QED) is 0.837. The highest BCUT2D eigenvalue weighted by atomic mass is 16.5. The summed E-state index contributed by atoms with van der Waals surface area (Å²) in [6, 6.07) is 9.41. The van der Waals surface area contributed by atoms with Gasteiger partial charge in [-0.2, -0.15) is 5.10 Å². The normalized spacial score (nSPS) is 22.6. The second-order valence-corrected chi connectivity index (χ2v) is 6.71. The SMILES string of the molecule is CCn1cc(C(=O)N2C[C@@H]3OCC(=O)N(c4ccccc4)[C@H]3C2)c(C)n1. The molecule has 2 amide bonds. The van der Waals surface area contributed by atoms with Gasteiger partial charge in [0.25, 0.3) is 11.8 Å². The number of nitrogens with zero attached hydrogens (tertiary/aromatic N) is 4. The molecule has 7 nitrogen and oxygen atoms in total. The Labute approximate surface area is 152 Å². The number of carbonyl (C=O) groups is 2. The van der Waals surface area contributed by atoms with Gasteiger partial charge in [-0.1, -0.05) is 18.2 Å². The largest absolute Gasteiger partial charge is 0.364 e. The lowest BCUT2D eigenvalue weighted by Gasteiger charge is -2.36. The molecule has 26 heavy (non-hydrogen) atoms. The van der Waals surface area contributed by atoms with Crippen molar-refractivity contribution in [1.82, 2.24) is 14.7 Å². The number of carbonyl (C=O) groups excluding carboxylic acids is 2. The summed E-state index contributed by atoms with van der Waals surface area (Å²) in [5, 5.41) is 4.36. The summed E-state index contributed by atoms with van der Waals surface area (Å²) in [6.07, 6.45) is 1.62. The van der Waals surface area contributed by atoms with Gasteiger partial charge in [-0.3, -0.25) is 14.3 Å². The fourth-order valence-corrected chi connectivity index (χ4v) is 3.75. The van der Waals surface area contributed by atoms with Crippen molar-refractivity contribution in [3.63, 3.8) is 0 Å². The van der Waals surface area contributed by atoms with Crippen LogP contribution in [0.2, 0.25) is 0 Å². The van der Waals surface area contributed by atoms with E-state index in [-0.39, 0.29) is 30.6 Å². The van der Waals surface area contributed by atoms with Crippen molar-refractivity contribution in [2.45, 2.75) is 32.5 Å². The predicted molar refractivity (Wildman–Crippen MR) is 96.0 cm³/mol. The fourth-order valence-electron chi connectivity index (χ4n) is 3.75. The molecule has 2 fully saturated rings. The Hall–Kier alpha value is -2.67. The molecular formula is C19H22N4O3. The van der Waals surface area contributed by atoms with Crippen LogP contribution in [-0.2, 0) is 16.1 Å². The first-order chi connectivity index (χ1) is 12.6. The minimum Gasteiger partial charge on any atom is -0.364 e. The number of benzene rings is 1. The summed E-state index contributed by atoms with van der Waals surface area (Å²) in [7, 11) is 0. The maximum atomic E-state index is 13.0. The standard InChI is InChI=1S/C19H22N4O3/c1-3-22-9-15(13(2)20-22)19(25)21-10-16-17(11-21)26-12-18(24)23(16)14-7-5-4-6-8-14/h4-9,16-17H,3,10-12H2,1-2H3/t16-,17-/m0/s1. The predicted octanol–water partition coefficient (Wildman–Crippen LogP) is 1.47. The Morgan fingerprint density at radius 1 is 1.27 bits per heavy atom. The van der Waals surface area contributed by atoms with E-state index in [9.17, 15) is 9.59 Å². The van der Waals surface area contributed by atoms with Gasteiger partial charge in [0, 0.05) is 31.5 Å². The van der Waals surface area contributed by atoms with Crippen molar-refractivity contribution in [3.8, 4) is 0 Å². The Kier molecular flexibility index (Phi) is 4.24. The molecule has 2 atom stereocenters. The first-order valence-electron chi connectivity index (χ1n) is 8.90. The van der Waals surface area contributed by atoms with Crippen LogP contribution >= 0.6 is 0 Å². The van der Waals surface area contributed by atoms with E-state index in [4.69, 9.17) is 4.74 Å². The number of morpholine rings is 1. The molecule has 0 N–H and O–H groups in total. The first kappa shape index (κ1) is 16.8. The number of aryl methyl sites for hydroxylation is 2. The number of amides is 2. The van der Waals surface area contributed by atoms with Crippen LogP contribution in [0.25, 0.3) is 0 Å². The van der Waals surface area contributed by atoms with Gasteiger partial charge in [-0.25, -0.2) is 0 Å². The number of para-hydroxylation sites is 1. The molecule has 136 valence electrons. The summed E-state index contributed by atoms with van der Waals surface area (Å²) in [5.41, 5.74) is 2.19. The molecule has 0 bridgehead atoms. The lowest BCUT2D eigenvalue weighted by molar-refractivity contribution is -0.130. The molecule has 1 aromatic carbocycles. The highest BCUT2D eigenvalue weighted by molar-refractivity contribution is 5.98. The highest BCUT2D eigenvalue weighted by Crippen LogP contribution is 2.29. The lowest BCUT2D eigenvalue weighted by Crippen LogP contribution is -2.54. The van der Waals surface area contributed by atoms with E-state index in [2.05, 4.69) is 5.10 Å². The zero-order chi connectivity index (χ0) is 18.3. The van der Waals surface area contributed by atoms with Crippen LogP contribution in [0.15, 0.2) is 36.5 Å². The molecule has 0 unspecified atom stereocenters. The summed E-state index contributed by atoms with van der Waals surface area (Å²) < 4.78 is 7.50. The fraction of sp³-hybridized carbons (Fsp3) is 0.421. The number of hydrogen-bond donors (Lipinski definition) is 0. The monoisotopic (exact) mass is 354 g/mol. The number of ether oxygens (including phenoxy) is 1. The topological polar surface area (TPSA) is 67.7 Å². The molecule has 2 aliphatic rings. The Morgan fingerprint density at radius 3 is 2.73 bits per heavy atom. The number of fused-ring (bicyclic) bond motifs is 1. The maximum Gasteiger partial charge on any atom is 0.257 e. The van der Waals surface area contributed by atoms with Crippen LogP contribution < -0.4 is 4.90 Å². The minimum atomic E-state index is -0.168. The Balaban J connectivity index is 1.58. The molecule has 3 heterocycles. The van der Waals surface area contributed by atoms with Gasteiger partial charge in [-0.05, 0) is 26.0 Å². The average molecular weight is 354 g/mol. The summed E-state index contributed by atoms with van der Waals surface area (Å²) in [5.74, 6) is -0.123. The molecule has 7 heteroatoms. The Morgan fingerprint density at radius 2 is 2.04 bits per heavy atom. The number of aromatic nitrogens is 2. The second-order valence-electron chi connectivity index (χ2n) is 6.71. The van der Waals surface area contributed by atoms with Crippen molar-refractivity contribution in [3.05, 3.63) is 47.8 Å². The van der Waals surface area contributed by atoms with E-state index < -0.39 is 0 Å². The van der Waals surface area contributed by atoms with Crippen LogP contribution in [0, 0.1) is 6.92 Å².